The minimum atomic E-state index is 0.532. The highest BCUT2D eigenvalue weighted by Gasteiger charge is 2.07. The van der Waals surface area contributed by atoms with Crippen molar-refractivity contribution in [3.63, 3.8) is 0 Å². The summed E-state index contributed by atoms with van der Waals surface area (Å²) in [6.45, 7) is 3.94. The van der Waals surface area contributed by atoms with Gasteiger partial charge in [-0.25, -0.2) is 0 Å². The molecule has 1 nitrogen and oxygen atoms in total. The first-order chi connectivity index (χ1) is 7.60. The molecular weight excluding hydrogens is 241 g/mol. The molecule has 0 saturated heterocycles. The van der Waals surface area contributed by atoms with Gasteiger partial charge in [-0.2, -0.15) is 5.26 Å². The molecule has 0 unspecified atom stereocenters. The normalized spacial score (nSPS) is 11.9. The molecule has 0 radical (unpaired) electrons. The molecule has 0 bridgehead atoms. The largest absolute Gasteiger partial charge is 0.193 e. The highest BCUT2D eigenvalue weighted by atomic mass is 35.5. The lowest BCUT2D eigenvalue weighted by atomic mass is 10.1. The second-order valence-electron chi connectivity index (χ2n) is 3.62. The molecular formula is C13H13Cl2N. The molecule has 1 aromatic carbocycles. The Bertz CT molecular complexity index is 455. The molecule has 84 valence electrons. The van der Waals surface area contributed by atoms with Gasteiger partial charge < -0.3 is 0 Å². The molecule has 0 saturated carbocycles. The first-order valence-corrected chi connectivity index (χ1v) is 5.91. The van der Waals surface area contributed by atoms with Crippen LogP contribution in [0.5, 0.6) is 0 Å². The van der Waals surface area contributed by atoms with Gasteiger partial charge in [0, 0.05) is 10.6 Å². The lowest BCUT2D eigenvalue weighted by molar-refractivity contribution is 0.933. The Morgan fingerprint density at radius 2 is 2.12 bits per heavy atom. The van der Waals surface area contributed by atoms with E-state index in [9.17, 15) is 0 Å². The number of benzene rings is 1. The first kappa shape index (κ1) is 13.1. The van der Waals surface area contributed by atoms with Crippen LogP contribution in [0.4, 0.5) is 0 Å². The molecule has 0 N–H and O–H groups in total. The molecule has 1 aromatic rings. The second kappa shape index (κ2) is 5.94. The third kappa shape index (κ3) is 3.01. The van der Waals surface area contributed by atoms with E-state index in [-0.39, 0.29) is 0 Å². The zero-order valence-electron chi connectivity index (χ0n) is 9.35. The van der Waals surface area contributed by atoms with Gasteiger partial charge in [0.25, 0.3) is 0 Å². The summed E-state index contributed by atoms with van der Waals surface area (Å²) in [5.41, 5.74) is 2.45. The second-order valence-corrected chi connectivity index (χ2v) is 4.40. The lowest BCUT2D eigenvalue weighted by Crippen LogP contribution is -1.87. The number of rotatable bonds is 3. The zero-order valence-corrected chi connectivity index (χ0v) is 10.9. The topological polar surface area (TPSA) is 23.8 Å². The van der Waals surface area contributed by atoms with Gasteiger partial charge in [0.1, 0.15) is 0 Å². The number of halogens is 2. The minimum absolute atomic E-state index is 0.532. The predicted octanol–water partition coefficient (Wildman–Crippen LogP) is 4.92. The summed E-state index contributed by atoms with van der Waals surface area (Å²) in [5, 5.41) is 10.2. The van der Waals surface area contributed by atoms with Gasteiger partial charge in [0.15, 0.2) is 0 Å². The maximum atomic E-state index is 8.99. The Morgan fingerprint density at radius 1 is 1.44 bits per heavy atom. The van der Waals surface area contributed by atoms with Crippen molar-refractivity contribution in [2.45, 2.75) is 26.7 Å². The molecule has 0 fully saturated rings. The predicted molar refractivity (Wildman–Crippen MR) is 69.5 cm³/mol. The monoisotopic (exact) mass is 253 g/mol. The van der Waals surface area contributed by atoms with Gasteiger partial charge in [-0.3, -0.25) is 0 Å². The van der Waals surface area contributed by atoms with Crippen LogP contribution in [-0.2, 0) is 0 Å². The average molecular weight is 254 g/mol. The highest BCUT2D eigenvalue weighted by molar-refractivity contribution is 6.49. The molecule has 0 spiro atoms. The van der Waals surface area contributed by atoms with E-state index in [1.165, 1.54) is 0 Å². The standard InChI is InChI=1S/C13H13Cl2N/c1-3-4-11(8-16)13(15)10-5-6-12(14)9(2)7-10/h5-7H,3-4H2,1-2H3/b13-11-. The van der Waals surface area contributed by atoms with E-state index >= 15 is 0 Å². The Morgan fingerprint density at radius 3 is 2.62 bits per heavy atom. The smallest absolute Gasteiger partial charge is 0.0962 e. The van der Waals surface area contributed by atoms with Crippen LogP contribution >= 0.6 is 23.2 Å². The molecule has 0 aliphatic heterocycles. The molecule has 3 heteroatoms. The van der Waals surface area contributed by atoms with Crippen molar-refractivity contribution in [2.24, 2.45) is 0 Å². The lowest BCUT2D eigenvalue weighted by Gasteiger charge is -2.05. The number of nitriles is 1. The van der Waals surface area contributed by atoms with Crippen LogP contribution < -0.4 is 0 Å². The number of hydrogen-bond donors (Lipinski definition) is 0. The Balaban J connectivity index is 3.17. The Labute approximate surface area is 106 Å². The summed E-state index contributed by atoms with van der Waals surface area (Å²) >= 11 is 12.1. The van der Waals surface area contributed by atoms with Crippen molar-refractivity contribution in [1.82, 2.24) is 0 Å². The van der Waals surface area contributed by atoms with E-state index < -0.39 is 0 Å². The molecule has 1 rings (SSSR count). The van der Waals surface area contributed by atoms with Crippen LogP contribution in [0.2, 0.25) is 5.02 Å². The summed E-state index contributed by atoms with van der Waals surface area (Å²) in [6, 6.07) is 7.69. The van der Waals surface area contributed by atoms with Crippen LogP contribution in [0.25, 0.3) is 5.03 Å². The maximum Gasteiger partial charge on any atom is 0.0962 e. The van der Waals surface area contributed by atoms with Crippen LogP contribution in [0.3, 0.4) is 0 Å². The van der Waals surface area contributed by atoms with Crippen molar-refractivity contribution in [3.8, 4) is 6.07 Å². The van der Waals surface area contributed by atoms with E-state index in [0.717, 1.165) is 17.5 Å². The van der Waals surface area contributed by atoms with Crippen molar-refractivity contribution in [1.29, 1.82) is 5.26 Å². The van der Waals surface area contributed by atoms with Gasteiger partial charge in [-0.15, -0.1) is 0 Å². The number of allylic oxidation sites excluding steroid dienone is 1. The SMILES string of the molecule is CCC/C(C#N)=C(/Cl)c1ccc(Cl)c(C)c1. The van der Waals surface area contributed by atoms with E-state index in [4.69, 9.17) is 28.5 Å². The molecule has 0 heterocycles. The van der Waals surface area contributed by atoms with Crippen LogP contribution in [0.15, 0.2) is 23.8 Å². The van der Waals surface area contributed by atoms with Crippen molar-refractivity contribution in [3.05, 3.63) is 39.9 Å². The van der Waals surface area contributed by atoms with E-state index in [1.54, 1.807) is 6.07 Å². The first-order valence-electron chi connectivity index (χ1n) is 5.15. The molecule has 0 aliphatic carbocycles. The van der Waals surface area contributed by atoms with Crippen LogP contribution in [0, 0.1) is 18.3 Å². The summed E-state index contributed by atoms with van der Waals surface area (Å²) in [6.07, 6.45) is 1.61. The third-order valence-corrected chi connectivity index (χ3v) is 3.18. The van der Waals surface area contributed by atoms with Gasteiger partial charge in [0.2, 0.25) is 0 Å². The van der Waals surface area contributed by atoms with Gasteiger partial charge in [-0.05, 0) is 36.6 Å². The van der Waals surface area contributed by atoms with E-state index in [0.29, 0.717) is 22.0 Å². The van der Waals surface area contributed by atoms with Crippen LogP contribution in [0.1, 0.15) is 30.9 Å². The van der Waals surface area contributed by atoms with E-state index in [1.807, 2.05) is 26.0 Å². The maximum absolute atomic E-state index is 8.99. The summed E-state index contributed by atoms with van der Waals surface area (Å²) in [4.78, 5) is 0. The zero-order chi connectivity index (χ0) is 12.1. The van der Waals surface area contributed by atoms with E-state index in [2.05, 4.69) is 6.07 Å². The van der Waals surface area contributed by atoms with Gasteiger partial charge in [-0.1, -0.05) is 42.6 Å². The third-order valence-electron chi connectivity index (χ3n) is 2.31. The van der Waals surface area contributed by atoms with Crippen LogP contribution in [-0.4, -0.2) is 0 Å². The van der Waals surface area contributed by atoms with Gasteiger partial charge in [0.05, 0.1) is 11.1 Å². The fraction of sp³-hybridized carbons (Fsp3) is 0.308. The molecule has 16 heavy (non-hydrogen) atoms. The molecule has 0 aliphatic rings. The minimum Gasteiger partial charge on any atom is -0.193 e. The molecule has 0 amide bonds. The number of aryl methyl sites for hydroxylation is 1. The van der Waals surface area contributed by atoms with Gasteiger partial charge >= 0.3 is 0 Å². The number of hydrogen-bond acceptors (Lipinski definition) is 1. The summed E-state index contributed by atoms with van der Waals surface area (Å²) in [5.74, 6) is 0. The molecule has 0 aromatic heterocycles. The fourth-order valence-electron chi connectivity index (χ4n) is 1.42. The Hall–Kier alpha value is -0.970. The number of nitrogens with zero attached hydrogens (tertiary/aromatic N) is 1. The summed E-state index contributed by atoms with van der Waals surface area (Å²) < 4.78 is 0. The highest BCUT2D eigenvalue weighted by Crippen LogP contribution is 2.28. The quantitative estimate of drug-likeness (QED) is 0.702. The van der Waals surface area contributed by atoms with Crippen molar-refractivity contribution in [2.75, 3.05) is 0 Å². The van der Waals surface area contributed by atoms with Crippen molar-refractivity contribution < 1.29 is 0 Å². The summed E-state index contributed by atoms with van der Waals surface area (Å²) in [7, 11) is 0. The fourth-order valence-corrected chi connectivity index (χ4v) is 1.79. The Kier molecular flexibility index (Phi) is 4.86. The average Bonchev–Trinajstić information content (AvgIpc) is 2.28. The molecule has 0 atom stereocenters. The van der Waals surface area contributed by atoms with Crippen molar-refractivity contribution >= 4 is 28.2 Å².